The van der Waals surface area contributed by atoms with Crippen LogP contribution in [0.4, 0.5) is 0 Å². The standard InChI is InChI=1S/C10H15NO2/c1-3-4-9-7-8(10(12)13)5-6-11(9)2/h5-7,9H,3-4H2,1-2H3,(H,12,13). The summed E-state index contributed by atoms with van der Waals surface area (Å²) in [5.41, 5.74) is 0.400. The Balaban J connectivity index is 2.74. The number of aliphatic carboxylic acids is 1. The van der Waals surface area contributed by atoms with Gasteiger partial charge in [0.2, 0.25) is 0 Å². The fraction of sp³-hybridized carbons (Fsp3) is 0.500. The highest BCUT2D eigenvalue weighted by Crippen LogP contribution is 2.15. The Hall–Kier alpha value is -1.25. The number of likely N-dealkylation sites (N-methyl/N-ethyl adjacent to an activating group) is 1. The van der Waals surface area contributed by atoms with Gasteiger partial charge in [-0.15, -0.1) is 0 Å². The molecule has 0 amide bonds. The molecule has 1 aliphatic rings. The molecule has 3 nitrogen and oxygen atoms in total. The number of hydrogen-bond donors (Lipinski definition) is 1. The molecule has 0 saturated carbocycles. The second kappa shape index (κ2) is 4.12. The first kappa shape index (κ1) is 9.84. The maximum atomic E-state index is 10.7. The minimum absolute atomic E-state index is 0.237. The molecule has 0 aromatic carbocycles. The molecular formula is C10H15NO2. The molecule has 0 aromatic heterocycles. The van der Waals surface area contributed by atoms with Crippen LogP contribution in [0, 0.1) is 0 Å². The second-order valence-electron chi connectivity index (χ2n) is 3.26. The van der Waals surface area contributed by atoms with Crippen molar-refractivity contribution in [2.24, 2.45) is 0 Å². The van der Waals surface area contributed by atoms with E-state index in [4.69, 9.17) is 5.11 Å². The molecule has 0 fully saturated rings. The summed E-state index contributed by atoms with van der Waals surface area (Å²) in [5, 5.41) is 8.77. The summed E-state index contributed by atoms with van der Waals surface area (Å²) in [6, 6.07) is 0.237. The minimum Gasteiger partial charge on any atom is -0.478 e. The lowest BCUT2D eigenvalue weighted by molar-refractivity contribution is -0.132. The fourth-order valence-electron chi connectivity index (χ4n) is 1.41. The predicted octanol–water partition coefficient (Wildman–Crippen LogP) is 1.63. The van der Waals surface area contributed by atoms with Crippen LogP contribution in [0.3, 0.4) is 0 Å². The van der Waals surface area contributed by atoms with Crippen molar-refractivity contribution >= 4 is 5.97 Å². The van der Waals surface area contributed by atoms with E-state index >= 15 is 0 Å². The quantitative estimate of drug-likeness (QED) is 0.719. The van der Waals surface area contributed by atoms with Gasteiger partial charge in [0.1, 0.15) is 0 Å². The Bertz CT molecular complexity index is 256. The average Bonchev–Trinajstić information content (AvgIpc) is 2.08. The van der Waals surface area contributed by atoms with Crippen LogP contribution in [0.5, 0.6) is 0 Å². The Kier molecular flexibility index (Phi) is 3.12. The number of hydrogen-bond acceptors (Lipinski definition) is 2. The molecule has 0 saturated heterocycles. The fourth-order valence-corrected chi connectivity index (χ4v) is 1.41. The molecule has 0 aromatic rings. The molecule has 0 bridgehead atoms. The van der Waals surface area contributed by atoms with E-state index in [0.29, 0.717) is 5.57 Å². The van der Waals surface area contributed by atoms with Crippen LogP contribution in [0.25, 0.3) is 0 Å². The van der Waals surface area contributed by atoms with Gasteiger partial charge >= 0.3 is 5.97 Å². The summed E-state index contributed by atoms with van der Waals surface area (Å²) in [6.45, 7) is 2.10. The van der Waals surface area contributed by atoms with Gasteiger partial charge in [-0.2, -0.15) is 0 Å². The highest BCUT2D eigenvalue weighted by Gasteiger charge is 2.15. The zero-order valence-corrected chi connectivity index (χ0v) is 8.03. The average molecular weight is 181 g/mol. The molecule has 0 aliphatic carbocycles. The molecule has 3 heteroatoms. The highest BCUT2D eigenvalue weighted by atomic mass is 16.4. The Morgan fingerprint density at radius 2 is 2.38 bits per heavy atom. The van der Waals surface area contributed by atoms with E-state index in [1.54, 1.807) is 6.08 Å². The van der Waals surface area contributed by atoms with Crippen molar-refractivity contribution in [3.05, 3.63) is 23.9 Å². The lowest BCUT2D eigenvalue weighted by Gasteiger charge is -2.27. The third-order valence-electron chi connectivity index (χ3n) is 2.22. The Morgan fingerprint density at radius 1 is 1.69 bits per heavy atom. The molecule has 1 atom stereocenters. The van der Waals surface area contributed by atoms with E-state index in [-0.39, 0.29) is 6.04 Å². The van der Waals surface area contributed by atoms with Crippen LogP contribution in [0.15, 0.2) is 23.9 Å². The largest absolute Gasteiger partial charge is 0.478 e. The molecule has 0 spiro atoms. The second-order valence-corrected chi connectivity index (χ2v) is 3.26. The van der Waals surface area contributed by atoms with Crippen LogP contribution in [0.1, 0.15) is 19.8 Å². The van der Waals surface area contributed by atoms with Gasteiger partial charge < -0.3 is 10.0 Å². The molecule has 72 valence electrons. The molecule has 1 aliphatic heterocycles. The van der Waals surface area contributed by atoms with Crippen molar-refractivity contribution < 1.29 is 9.90 Å². The van der Waals surface area contributed by atoms with Crippen molar-refractivity contribution in [3.63, 3.8) is 0 Å². The molecule has 13 heavy (non-hydrogen) atoms. The van der Waals surface area contributed by atoms with Crippen LogP contribution >= 0.6 is 0 Å². The van der Waals surface area contributed by atoms with Gasteiger partial charge in [-0.3, -0.25) is 0 Å². The van der Waals surface area contributed by atoms with Gasteiger partial charge in [0.05, 0.1) is 5.57 Å². The summed E-state index contributed by atoms with van der Waals surface area (Å²) in [5.74, 6) is -0.842. The van der Waals surface area contributed by atoms with Crippen LogP contribution in [-0.2, 0) is 4.79 Å². The summed E-state index contributed by atoms with van der Waals surface area (Å²) in [6.07, 6.45) is 7.33. The van der Waals surface area contributed by atoms with E-state index in [1.165, 1.54) is 0 Å². The van der Waals surface area contributed by atoms with Crippen molar-refractivity contribution in [2.45, 2.75) is 25.8 Å². The van der Waals surface area contributed by atoms with E-state index < -0.39 is 5.97 Å². The first-order valence-electron chi connectivity index (χ1n) is 4.50. The summed E-state index contributed by atoms with van der Waals surface area (Å²) in [4.78, 5) is 12.7. The molecule has 1 N–H and O–H groups in total. The number of carboxylic acids is 1. The molecule has 0 radical (unpaired) electrons. The topological polar surface area (TPSA) is 40.5 Å². The lowest BCUT2D eigenvalue weighted by atomic mass is 10.0. The van der Waals surface area contributed by atoms with Gasteiger partial charge in [-0.1, -0.05) is 13.3 Å². The molecule has 1 unspecified atom stereocenters. The van der Waals surface area contributed by atoms with Crippen molar-refractivity contribution in [3.8, 4) is 0 Å². The maximum absolute atomic E-state index is 10.7. The first-order valence-corrected chi connectivity index (χ1v) is 4.50. The van der Waals surface area contributed by atoms with Crippen molar-refractivity contribution in [1.29, 1.82) is 0 Å². The number of nitrogens with zero attached hydrogens (tertiary/aromatic N) is 1. The van der Waals surface area contributed by atoms with E-state index in [9.17, 15) is 4.79 Å². The van der Waals surface area contributed by atoms with E-state index in [1.807, 2.05) is 24.2 Å². The minimum atomic E-state index is -0.842. The van der Waals surface area contributed by atoms with E-state index in [0.717, 1.165) is 12.8 Å². The van der Waals surface area contributed by atoms with Gasteiger partial charge in [0.25, 0.3) is 0 Å². The van der Waals surface area contributed by atoms with Gasteiger partial charge in [0, 0.05) is 19.3 Å². The van der Waals surface area contributed by atoms with Crippen LogP contribution in [0.2, 0.25) is 0 Å². The Morgan fingerprint density at radius 3 is 2.92 bits per heavy atom. The normalized spacial score (nSPS) is 21.5. The highest BCUT2D eigenvalue weighted by molar-refractivity contribution is 5.90. The summed E-state index contributed by atoms with van der Waals surface area (Å²) in [7, 11) is 1.96. The third-order valence-corrected chi connectivity index (χ3v) is 2.22. The smallest absolute Gasteiger partial charge is 0.335 e. The zero-order chi connectivity index (χ0) is 9.84. The van der Waals surface area contributed by atoms with Gasteiger partial charge in [-0.05, 0) is 18.6 Å². The number of carbonyl (C=O) groups is 1. The zero-order valence-electron chi connectivity index (χ0n) is 8.03. The lowest BCUT2D eigenvalue weighted by Crippen LogP contribution is -2.28. The number of rotatable bonds is 3. The van der Waals surface area contributed by atoms with Crippen LogP contribution < -0.4 is 0 Å². The number of carboxylic acid groups (broad SMARTS) is 1. The van der Waals surface area contributed by atoms with Crippen molar-refractivity contribution in [1.82, 2.24) is 4.90 Å². The molecular weight excluding hydrogens is 166 g/mol. The van der Waals surface area contributed by atoms with Crippen LogP contribution in [-0.4, -0.2) is 29.1 Å². The summed E-state index contributed by atoms with van der Waals surface area (Å²) >= 11 is 0. The van der Waals surface area contributed by atoms with Crippen molar-refractivity contribution in [2.75, 3.05) is 7.05 Å². The van der Waals surface area contributed by atoms with Gasteiger partial charge in [-0.25, -0.2) is 4.79 Å². The summed E-state index contributed by atoms with van der Waals surface area (Å²) < 4.78 is 0. The SMILES string of the molecule is CCCC1C=C(C(=O)O)C=CN1C. The van der Waals surface area contributed by atoms with Gasteiger partial charge in [0.15, 0.2) is 0 Å². The predicted molar refractivity (Wildman–Crippen MR) is 51.3 cm³/mol. The monoisotopic (exact) mass is 181 g/mol. The Labute approximate surface area is 78.4 Å². The molecule has 1 rings (SSSR count). The third kappa shape index (κ3) is 2.34. The maximum Gasteiger partial charge on any atom is 0.335 e. The van der Waals surface area contributed by atoms with E-state index in [2.05, 4.69) is 6.92 Å². The first-order chi connectivity index (χ1) is 6.15. The molecule has 1 heterocycles.